The second-order valence-electron chi connectivity index (χ2n) is 5.70. The van der Waals surface area contributed by atoms with E-state index in [0.29, 0.717) is 11.8 Å². The molecule has 0 unspecified atom stereocenters. The molecule has 0 aliphatic carbocycles. The fourth-order valence-corrected chi connectivity index (χ4v) is 2.29. The van der Waals surface area contributed by atoms with Gasteiger partial charge < -0.3 is 4.98 Å². The summed E-state index contributed by atoms with van der Waals surface area (Å²) >= 11 is 0. The molecule has 1 N–H and O–H groups in total. The number of aromatic amines is 1. The average Bonchev–Trinajstić information content (AvgIpc) is 2.82. The minimum atomic E-state index is 0.357. The molecule has 2 aromatic heterocycles. The van der Waals surface area contributed by atoms with Crippen LogP contribution >= 0.6 is 0 Å². The minimum Gasteiger partial charge on any atom is -0.356 e. The lowest BCUT2D eigenvalue weighted by atomic mass is 10.1. The SMILES string of the molecule is CC(C)c1nc2ccc3ccc(C(C)C)[nH]c3c2n1. The van der Waals surface area contributed by atoms with Crippen molar-refractivity contribution in [2.75, 3.05) is 0 Å². The molecule has 3 heteroatoms. The number of nitrogens with one attached hydrogen (secondary N) is 1. The molecule has 3 aromatic rings. The Hall–Kier alpha value is -1.90. The van der Waals surface area contributed by atoms with Crippen LogP contribution in [0.2, 0.25) is 0 Å². The number of H-pyrrole nitrogens is 1. The van der Waals surface area contributed by atoms with Gasteiger partial charge in [0.2, 0.25) is 0 Å². The molecule has 0 aliphatic rings. The van der Waals surface area contributed by atoms with Crippen molar-refractivity contribution < 1.29 is 0 Å². The Morgan fingerprint density at radius 2 is 1.63 bits per heavy atom. The van der Waals surface area contributed by atoms with Crippen LogP contribution in [0, 0.1) is 0 Å². The second kappa shape index (κ2) is 4.34. The van der Waals surface area contributed by atoms with E-state index in [9.17, 15) is 0 Å². The summed E-state index contributed by atoms with van der Waals surface area (Å²) in [6.07, 6.45) is 0. The number of imidazole rings is 1. The maximum Gasteiger partial charge on any atom is 0.132 e. The molecule has 0 saturated heterocycles. The van der Waals surface area contributed by atoms with Gasteiger partial charge in [0.25, 0.3) is 0 Å². The van der Waals surface area contributed by atoms with E-state index in [1.807, 2.05) is 0 Å². The molecule has 0 amide bonds. The predicted molar refractivity (Wildman–Crippen MR) is 79.6 cm³/mol. The Labute approximate surface area is 113 Å². The highest BCUT2D eigenvalue weighted by Gasteiger charge is 2.11. The van der Waals surface area contributed by atoms with Gasteiger partial charge in [0.1, 0.15) is 11.3 Å². The van der Waals surface area contributed by atoms with Crippen LogP contribution in [0.1, 0.15) is 51.0 Å². The monoisotopic (exact) mass is 253 g/mol. The van der Waals surface area contributed by atoms with Crippen molar-refractivity contribution in [3.8, 4) is 0 Å². The van der Waals surface area contributed by atoms with Gasteiger partial charge in [-0.25, -0.2) is 9.97 Å². The smallest absolute Gasteiger partial charge is 0.132 e. The number of rotatable bonds is 2. The Morgan fingerprint density at radius 3 is 2.32 bits per heavy atom. The van der Waals surface area contributed by atoms with Crippen LogP contribution in [0.3, 0.4) is 0 Å². The normalized spacial score (nSPS) is 12.1. The van der Waals surface area contributed by atoms with Crippen LogP contribution in [0.25, 0.3) is 21.9 Å². The summed E-state index contributed by atoms with van der Waals surface area (Å²) in [5.41, 5.74) is 4.30. The molecule has 19 heavy (non-hydrogen) atoms. The van der Waals surface area contributed by atoms with Gasteiger partial charge in [-0.15, -0.1) is 0 Å². The van der Waals surface area contributed by atoms with E-state index in [-0.39, 0.29) is 0 Å². The second-order valence-corrected chi connectivity index (χ2v) is 5.70. The number of benzene rings is 1. The lowest BCUT2D eigenvalue weighted by Crippen LogP contribution is -1.93. The van der Waals surface area contributed by atoms with Crippen LogP contribution in [0.15, 0.2) is 24.3 Å². The standard InChI is InChI=1S/C16H19N3/c1-9(2)12-7-5-11-6-8-13-15(14(11)17-12)19-16(18-13)10(3)4/h5-10,17H,1-4H3. The van der Waals surface area contributed by atoms with E-state index in [1.165, 1.54) is 11.1 Å². The van der Waals surface area contributed by atoms with Gasteiger partial charge in [0, 0.05) is 17.0 Å². The number of hydrogen-bond acceptors (Lipinski definition) is 2. The van der Waals surface area contributed by atoms with Gasteiger partial charge in [-0.3, -0.25) is 0 Å². The Morgan fingerprint density at radius 1 is 0.895 bits per heavy atom. The summed E-state index contributed by atoms with van der Waals surface area (Å²) in [5.74, 6) is 1.76. The number of nitrogens with zero attached hydrogens (tertiary/aromatic N) is 2. The van der Waals surface area contributed by atoms with Gasteiger partial charge in [-0.1, -0.05) is 39.8 Å². The average molecular weight is 253 g/mol. The zero-order chi connectivity index (χ0) is 13.6. The van der Waals surface area contributed by atoms with Crippen molar-refractivity contribution in [2.45, 2.75) is 39.5 Å². The van der Waals surface area contributed by atoms with Crippen LogP contribution in [-0.4, -0.2) is 15.0 Å². The summed E-state index contributed by atoms with van der Waals surface area (Å²) in [5, 5.41) is 1.19. The first kappa shape index (κ1) is 12.2. The van der Waals surface area contributed by atoms with Crippen molar-refractivity contribution in [1.29, 1.82) is 0 Å². The van der Waals surface area contributed by atoms with Crippen molar-refractivity contribution in [3.05, 3.63) is 35.8 Å². The first-order valence-electron chi connectivity index (χ1n) is 6.85. The Kier molecular flexibility index (Phi) is 2.77. The van der Waals surface area contributed by atoms with Crippen LogP contribution < -0.4 is 0 Å². The van der Waals surface area contributed by atoms with E-state index in [0.717, 1.165) is 22.4 Å². The summed E-state index contributed by atoms with van der Waals surface area (Å²) in [6, 6.07) is 8.47. The molecule has 3 nitrogen and oxygen atoms in total. The molecular weight excluding hydrogens is 234 g/mol. The zero-order valence-corrected chi connectivity index (χ0v) is 11.9. The lowest BCUT2D eigenvalue weighted by molar-refractivity contribution is 0.799. The van der Waals surface area contributed by atoms with Gasteiger partial charge in [0.15, 0.2) is 0 Å². The van der Waals surface area contributed by atoms with Gasteiger partial charge in [0.05, 0.1) is 11.0 Å². The van der Waals surface area contributed by atoms with E-state index in [1.54, 1.807) is 0 Å². The maximum atomic E-state index is 4.70. The third-order valence-electron chi connectivity index (χ3n) is 3.50. The molecule has 3 rings (SSSR count). The van der Waals surface area contributed by atoms with Crippen LogP contribution in [-0.2, 0) is 0 Å². The van der Waals surface area contributed by atoms with E-state index in [4.69, 9.17) is 4.98 Å². The third kappa shape index (κ3) is 1.99. The minimum absolute atomic E-state index is 0.357. The molecular formula is C16H19N3. The highest BCUT2D eigenvalue weighted by Crippen LogP contribution is 2.26. The van der Waals surface area contributed by atoms with Crippen molar-refractivity contribution in [3.63, 3.8) is 0 Å². The molecule has 0 atom stereocenters. The maximum absolute atomic E-state index is 4.70. The largest absolute Gasteiger partial charge is 0.356 e. The first-order chi connectivity index (χ1) is 9.06. The molecule has 98 valence electrons. The molecule has 0 fully saturated rings. The van der Waals surface area contributed by atoms with E-state index < -0.39 is 0 Å². The number of pyridine rings is 1. The summed E-state index contributed by atoms with van der Waals surface area (Å²) in [7, 11) is 0. The fraction of sp³-hybridized carbons (Fsp3) is 0.375. The Balaban J connectivity index is 2.33. The number of hydrogen-bond donors (Lipinski definition) is 1. The molecule has 0 radical (unpaired) electrons. The Bertz CT molecular complexity index is 738. The van der Waals surface area contributed by atoms with Gasteiger partial charge in [-0.05, 0) is 18.1 Å². The fourth-order valence-electron chi connectivity index (χ4n) is 2.29. The van der Waals surface area contributed by atoms with E-state index >= 15 is 0 Å². The highest BCUT2D eigenvalue weighted by molar-refractivity contribution is 6.01. The number of aromatic nitrogens is 3. The van der Waals surface area contributed by atoms with Gasteiger partial charge >= 0.3 is 0 Å². The number of fused-ring (bicyclic) bond motifs is 3. The van der Waals surface area contributed by atoms with Crippen molar-refractivity contribution in [1.82, 2.24) is 15.0 Å². The molecule has 1 aromatic carbocycles. The zero-order valence-electron chi connectivity index (χ0n) is 11.9. The summed E-state index contributed by atoms with van der Waals surface area (Å²) in [4.78, 5) is 12.8. The van der Waals surface area contributed by atoms with E-state index in [2.05, 4.69) is 61.9 Å². The topological polar surface area (TPSA) is 41.6 Å². The molecule has 0 saturated carbocycles. The lowest BCUT2D eigenvalue weighted by Gasteiger charge is -2.07. The van der Waals surface area contributed by atoms with Crippen molar-refractivity contribution >= 4 is 21.9 Å². The molecule has 0 spiro atoms. The molecule has 2 heterocycles. The first-order valence-corrected chi connectivity index (χ1v) is 6.85. The van der Waals surface area contributed by atoms with Crippen molar-refractivity contribution in [2.24, 2.45) is 0 Å². The summed E-state index contributed by atoms with van der Waals surface area (Å²) in [6.45, 7) is 8.63. The van der Waals surface area contributed by atoms with Crippen LogP contribution in [0.5, 0.6) is 0 Å². The predicted octanol–water partition coefficient (Wildman–Crippen LogP) is 4.36. The quantitative estimate of drug-likeness (QED) is 0.737. The summed E-state index contributed by atoms with van der Waals surface area (Å²) < 4.78 is 0. The highest BCUT2D eigenvalue weighted by atomic mass is 14.9. The molecule has 0 bridgehead atoms. The van der Waals surface area contributed by atoms with Gasteiger partial charge in [-0.2, -0.15) is 0 Å². The van der Waals surface area contributed by atoms with Crippen LogP contribution in [0.4, 0.5) is 0 Å². The molecule has 0 aliphatic heterocycles. The third-order valence-corrected chi connectivity index (χ3v) is 3.50.